The molecule has 2 aromatic rings. The van der Waals surface area contributed by atoms with Gasteiger partial charge in [-0.3, -0.25) is 0 Å². The summed E-state index contributed by atoms with van der Waals surface area (Å²) in [5, 5.41) is 11.4. The van der Waals surface area contributed by atoms with Crippen LogP contribution in [0, 0.1) is 0 Å². The van der Waals surface area contributed by atoms with E-state index in [1.807, 2.05) is 31.2 Å². The number of rotatable bonds is 5. The molecule has 1 aromatic carbocycles. The quantitative estimate of drug-likeness (QED) is 0.776. The zero-order valence-corrected chi connectivity index (χ0v) is 9.71. The van der Waals surface area contributed by atoms with Crippen molar-refractivity contribution in [1.29, 1.82) is 0 Å². The van der Waals surface area contributed by atoms with Gasteiger partial charge in [-0.1, -0.05) is 6.92 Å². The first-order valence-corrected chi connectivity index (χ1v) is 5.53. The highest BCUT2D eigenvalue weighted by atomic mass is 16.5. The summed E-state index contributed by atoms with van der Waals surface area (Å²) in [5.74, 6) is 1.66. The zero-order chi connectivity index (χ0) is 12.1. The molecule has 0 saturated heterocycles. The lowest BCUT2D eigenvalue weighted by Crippen LogP contribution is -2.12. The number of nitrogens with two attached hydrogens (primary N) is 1. The Morgan fingerprint density at radius 3 is 2.76 bits per heavy atom. The molecule has 0 amide bonds. The van der Waals surface area contributed by atoms with Gasteiger partial charge in [-0.25, -0.2) is 4.68 Å². The Labute approximate surface area is 99.4 Å². The second-order valence-corrected chi connectivity index (χ2v) is 3.59. The van der Waals surface area contributed by atoms with Crippen LogP contribution in [0.3, 0.4) is 0 Å². The molecule has 1 aromatic heterocycles. The third-order valence-corrected chi connectivity index (χ3v) is 2.37. The average molecular weight is 233 g/mol. The monoisotopic (exact) mass is 233 g/mol. The summed E-state index contributed by atoms with van der Waals surface area (Å²) in [7, 11) is 0. The summed E-state index contributed by atoms with van der Waals surface area (Å²) in [6.07, 6.45) is 0.814. The van der Waals surface area contributed by atoms with Gasteiger partial charge in [0.15, 0.2) is 5.82 Å². The second kappa shape index (κ2) is 5.29. The van der Waals surface area contributed by atoms with E-state index in [4.69, 9.17) is 10.5 Å². The number of nitrogens with zero attached hydrogens (tertiary/aromatic N) is 4. The van der Waals surface area contributed by atoms with Gasteiger partial charge < -0.3 is 10.5 Å². The predicted octanol–water partition coefficient (Wildman–Crippen LogP) is 0.897. The lowest BCUT2D eigenvalue weighted by molar-refractivity contribution is 0.287. The normalized spacial score (nSPS) is 10.4. The average Bonchev–Trinajstić information content (AvgIpc) is 2.79. The maximum atomic E-state index is 5.58. The fourth-order valence-electron chi connectivity index (χ4n) is 1.46. The zero-order valence-electron chi connectivity index (χ0n) is 9.71. The maximum Gasteiger partial charge on any atom is 0.151 e. The number of benzene rings is 1. The van der Waals surface area contributed by atoms with E-state index in [9.17, 15) is 0 Å². The Morgan fingerprint density at radius 1 is 1.29 bits per heavy atom. The van der Waals surface area contributed by atoms with Crippen molar-refractivity contribution in [2.75, 3.05) is 12.3 Å². The molecule has 2 N–H and O–H groups in total. The molecular weight excluding hydrogens is 218 g/mol. The van der Waals surface area contributed by atoms with Crippen LogP contribution >= 0.6 is 0 Å². The predicted molar refractivity (Wildman–Crippen MR) is 63.5 cm³/mol. The summed E-state index contributed by atoms with van der Waals surface area (Å²) < 4.78 is 7.31. The number of aromatic nitrogens is 4. The van der Waals surface area contributed by atoms with Crippen LogP contribution in [0.1, 0.15) is 12.7 Å². The molecule has 0 unspecified atom stereocenters. The van der Waals surface area contributed by atoms with E-state index in [0.717, 1.165) is 23.7 Å². The van der Waals surface area contributed by atoms with Gasteiger partial charge in [0.1, 0.15) is 12.4 Å². The van der Waals surface area contributed by atoms with Crippen LogP contribution in [0.5, 0.6) is 5.75 Å². The van der Waals surface area contributed by atoms with Crippen LogP contribution in [-0.4, -0.2) is 26.8 Å². The molecule has 0 fully saturated rings. The number of aryl methyl sites for hydroxylation is 1. The Bertz CT molecular complexity index is 465. The van der Waals surface area contributed by atoms with Crippen LogP contribution in [0.15, 0.2) is 24.3 Å². The number of anilines is 1. The first-order valence-electron chi connectivity index (χ1n) is 5.53. The fraction of sp³-hybridized carbons (Fsp3) is 0.364. The lowest BCUT2D eigenvalue weighted by Gasteiger charge is -2.06. The molecule has 2 rings (SSSR count). The lowest BCUT2D eigenvalue weighted by atomic mass is 10.3. The smallest absolute Gasteiger partial charge is 0.151 e. The van der Waals surface area contributed by atoms with E-state index in [2.05, 4.69) is 15.5 Å². The van der Waals surface area contributed by atoms with Gasteiger partial charge in [0, 0.05) is 12.1 Å². The molecule has 0 aliphatic carbocycles. The molecule has 90 valence electrons. The summed E-state index contributed by atoms with van der Waals surface area (Å²) in [6.45, 7) is 3.19. The van der Waals surface area contributed by atoms with Gasteiger partial charge in [-0.2, -0.15) is 0 Å². The van der Waals surface area contributed by atoms with Crippen molar-refractivity contribution in [2.45, 2.75) is 19.9 Å². The molecule has 0 bridgehead atoms. The first kappa shape index (κ1) is 11.4. The minimum absolute atomic E-state index is 0.530. The number of ether oxygens (including phenoxy) is 1. The van der Waals surface area contributed by atoms with Crippen LogP contribution in [0.2, 0.25) is 0 Å². The maximum absolute atomic E-state index is 5.58. The largest absolute Gasteiger partial charge is 0.492 e. The van der Waals surface area contributed by atoms with Crippen molar-refractivity contribution in [3.05, 3.63) is 30.1 Å². The molecule has 0 spiro atoms. The van der Waals surface area contributed by atoms with Gasteiger partial charge in [0.25, 0.3) is 0 Å². The van der Waals surface area contributed by atoms with Gasteiger partial charge in [-0.15, -0.1) is 5.10 Å². The van der Waals surface area contributed by atoms with Crippen LogP contribution in [-0.2, 0) is 13.0 Å². The molecule has 0 saturated carbocycles. The molecule has 6 nitrogen and oxygen atoms in total. The third-order valence-electron chi connectivity index (χ3n) is 2.37. The Morgan fingerprint density at radius 2 is 2.06 bits per heavy atom. The Kier molecular flexibility index (Phi) is 3.54. The first-order chi connectivity index (χ1) is 8.29. The van der Waals surface area contributed by atoms with Crippen LogP contribution < -0.4 is 10.5 Å². The van der Waals surface area contributed by atoms with Crippen molar-refractivity contribution in [1.82, 2.24) is 20.2 Å². The molecule has 1 heterocycles. The van der Waals surface area contributed by atoms with Crippen LogP contribution in [0.25, 0.3) is 0 Å². The van der Waals surface area contributed by atoms with Crippen molar-refractivity contribution in [2.24, 2.45) is 0 Å². The van der Waals surface area contributed by atoms with Crippen molar-refractivity contribution >= 4 is 5.69 Å². The van der Waals surface area contributed by atoms with E-state index in [1.165, 1.54) is 0 Å². The minimum atomic E-state index is 0.530. The number of nitrogen functional groups attached to an aromatic ring is 1. The molecule has 0 aliphatic rings. The topological polar surface area (TPSA) is 78.8 Å². The number of hydrogen-bond donors (Lipinski definition) is 1. The van der Waals surface area contributed by atoms with E-state index < -0.39 is 0 Å². The van der Waals surface area contributed by atoms with E-state index in [1.54, 1.807) is 4.68 Å². The standard InChI is InChI=1S/C11H15N5O/c1-2-11-13-14-15-16(11)7-8-17-10-5-3-9(12)4-6-10/h3-6H,2,7-8,12H2,1H3. The third kappa shape index (κ3) is 2.93. The summed E-state index contributed by atoms with van der Waals surface area (Å²) in [5.41, 5.74) is 6.31. The van der Waals surface area contributed by atoms with E-state index in [-0.39, 0.29) is 0 Å². The number of hydrogen-bond acceptors (Lipinski definition) is 5. The highest BCUT2D eigenvalue weighted by molar-refractivity contribution is 5.41. The van der Waals surface area contributed by atoms with Gasteiger partial charge in [0.05, 0.1) is 6.54 Å². The molecule has 0 atom stereocenters. The molecule has 6 heteroatoms. The van der Waals surface area contributed by atoms with Crippen molar-refractivity contribution in [3.63, 3.8) is 0 Å². The van der Waals surface area contributed by atoms with Gasteiger partial charge >= 0.3 is 0 Å². The molecular formula is C11H15N5O. The second-order valence-electron chi connectivity index (χ2n) is 3.59. The minimum Gasteiger partial charge on any atom is -0.492 e. The SMILES string of the molecule is CCc1nnnn1CCOc1ccc(N)cc1. The highest BCUT2D eigenvalue weighted by Crippen LogP contribution is 2.12. The number of tetrazole rings is 1. The Balaban J connectivity index is 1.85. The molecule has 17 heavy (non-hydrogen) atoms. The summed E-state index contributed by atoms with van der Waals surface area (Å²) >= 11 is 0. The van der Waals surface area contributed by atoms with E-state index in [0.29, 0.717) is 13.2 Å². The fourth-order valence-corrected chi connectivity index (χ4v) is 1.46. The Hall–Kier alpha value is -2.11. The van der Waals surface area contributed by atoms with Crippen LogP contribution in [0.4, 0.5) is 5.69 Å². The van der Waals surface area contributed by atoms with Crippen molar-refractivity contribution < 1.29 is 4.74 Å². The summed E-state index contributed by atoms with van der Waals surface area (Å²) in [6, 6.07) is 7.30. The van der Waals surface area contributed by atoms with Gasteiger partial charge in [-0.05, 0) is 34.7 Å². The summed E-state index contributed by atoms with van der Waals surface area (Å²) in [4.78, 5) is 0. The van der Waals surface area contributed by atoms with Gasteiger partial charge in [0.2, 0.25) is 0 Å². The van der Waals surface area contributed by atoms with Crippen molar-refractivity contribution in [3.8, 4) is 5.75 Å². The molecule has 0 aliphatic heterocycles. The highest BCUT2D eigenvalue weighted by Gasteiger charge is 2.02. The van der Waals surface area contributed by atoms with E-state index >= 15 is 0 Å². The molecule has 0 radical (unpaired) electrons.